The second-order valence-electron chi connectivity index (χ2n) is 10.0. The average Bonchev–Trinajstić information content (AvgIpc) is 3.40. The van der Waals surface area contributed by atoms with Crippen molar-refractivity contribution in [1.29, 1.82) is 0 Å². The maximum absolute atomic E-state index is 13.3. The molecule has 9 nitrogen and oxygen atoms in total. The van der Waals surface area contributed by atoms with E-state index in [4.69, 9.17) is 17.4 Å². The Morgan fingerprint density at radius 1 is 1.13 bits per heavy atom. The van der Waals surface area contributed by atoms with Crippen molar-refractivity contribution < 1.29 is 22.9 Å². The molecule has 13 heteroatoms. The van der Waals surface area contributed by atoms with Gasteiger partial charge in [0.1, 0.15) is 5.56 Å². The van der Waals surface area contributed by atoms with E-state index < -0.39 is 22.4 Å². The molecule has 2 heterocycles. The number of nitrogens with two attached hydrogens (primary N) is 1. The van der Waals surface area contributed by atoms with Crippen molar-refractivity contribution in [2.24, 2.45) is 5.84 Å². The molecule has 4 rings (SSSR count). The number of benzene rings is 2. The van der Waals surface area contributed by atoms with Gasteiger partial charge in [-0.15, -0.1) is 0 Å². The summed E-state index contributed by atoms with van der Waals surface area (Å²) in [5.41, 5.74) is -1.31. The van der Waals surface area contributed by atoms with Crippen molar-refractivity contribution in [3.05, 3.63) is 63.2 Å². The van der Waals surface area contributed by atoms with Crippen LogP contribution in [0, 0.1) is 10.1 Å². The van der Waals surface area contributed by atoms with Crippen molar-refractivity contribution in [2.75, 3.05) is 43.0 Å². The number of carbonyl (C=O) groups is 1. The van der Waals surface area contributed by atoms with Crippen LogP contribution in [0.1, 0.15) is 37.7 Å². The summed E-state index contributed by atoms with van der Waals surface area (Å²) in [6, 6.07) is 10.4. The average molecular weight is 569 g/mol. The number of alkyl halides is 3. The molecule has 2 aromatic carbocycles. The highest BCUT2D eigenvalue weighted by Crippen LogP contribution is 2.38. The largest absolute Gasteiger partial charge is 0.423 e. The zero-order chi connectivity index (χ0) is 28.2. The minimum atomic E-state index is -4.89. The molecule has 0 aromatic heterocycles. The summed E-state index contributed by atoms with van der Waals surface area (Å²) >= 11 is 5.94. The number of nitrogens with one attached hydrogen (secondary N) is 1. The van der Waals surface area contributed by atoms with E-state index in [0.29, 0.717) is 36.5 Å². The van der Waals surface area contributed by atoms with Crippen LogP contribution in [0.4, 0.5) is 30.2 Å². The Morgan fingerprint density at radius 3 is 2.46 bits per heavy atom. The van der Waals surface area contributed by atoms with E-state index in [1.54, 1.807) is 4.90 Å². The second-order valence-corrected chi connectivity index (χ2v) is 10.5. The molecular formula is C26H32ClF3N6O3. The molecule has 2 fully saturated rings. The number of hydrogen-bond donors (Lipinski definition) is 2. The monoisotopic (exact) mass is 568 g/mol. The fourth-order valence-electron chi connectivity index (χ4n) is 5.17. The van der Waals surface area contributed by atoms with Crippen LogP contribution in [0.15, 0.2) is 42.5 Å². The lowest BCUT2D eigenvalue weighted by atomic mass is 10.0. The maximum atomic E-state index is 13.3. The van der Waals surface area contributed by atoms with Gasteiger partial charge in [-0.25, -0.2) is 5.84 Å². The lowest BCUT2D eigenvalue weighted by Crippen LogP contribution is -2.44. The third-order valence-corrected chi connectivity index (χ3v) is 7.61. The lowest BCUT2D eigenvalue weighted by Gasteiger charge is -2.33. The Bertz CT molecular complexity index is 1160. The number of rotatable bonds is 9. The summed E-state index contributed by atoms with van der Waals surface area (Å²) < 4.78 is 40.0. The topological polar surface area (TPSA) is 108 Å². The van der Waals surface area contributed by atoms with Gasteiger partial charge in [0, 0.05) is 55.4 Å². The SMILES string of the molecule is NN(c1ccc([N+](=O)[O-])c(C(F)(F)F)c1)[C@@H]1CCN(C(=O)CCCN2CCC(Nc3ccc(Cl)cc3)CC2)C1. The summed E-state index contributed by atoms with van der Waals surface area (Å²) in [5, 5.41) is 16.4. The van der Waals surface area contributed by atoms with E-state index in [-0.39, 0.29) is 24.2 Å². The molecule has 0 unspecified atom stereocenters. The van der Waals surface area contributed by atoms with Crippen molar-refractivity contribution in [3.63, 3.8) is 0 Å². The molecule has 212 valence electrons. The molecule has 2 aromatic rings. The van der Waals surface area contributed by atoms with Crippen molar-refractivity contribution >= 4 is 34.6 Å². The molecule has 1 amide bonds. The normalized spacial score (nSPS) is 18.8. The van der Waals surface area contributed by atoms with Crippen LogP contribution in [-0.4, -0.2) is 65.4 Å². The molecule has 0 saturated carbocycles. The number of amides is 1. The minimum absolute atomic E-state index is 0.00938. The Morgan fingerprint density at radius 2 is 1.82 bits per heavy atom. The second kappa shape index (κ2) is 12.4. The third-order valence-electron chi connectivity index (χ3n) is 7.36. The highest BCUT2D eigenvalue weighted by atomic mass is 35.5. The first-order chi connectivity index (χ1) is 18.5. The van der Waals surface area contributed by atoms with Gasteiger partial charge in [0.05, 0.1) is 16.7 Å². The number of nitro benzene ring substituents is 1. The number of piperidine rings is 1. The molecular weight excluding hydrogens is 537 g/mol. The molecule has 2 saturated heterocycles. The Labute approximate surface area is 229 Å². The van der Waals surface area contributed by atoms with Crippen LogP contribution in [0.25, 0.3) is 0 Å². The van der Waals surface area contributed by atoms with E-state index >= 15 is 0 Å². The van der Waals surface area contributed by atoms with Gasteiger partial charge in [-0.3, -0.25) is 14.9 Å². The quantitative estimate of drug-likeness (QED) is 0.251. The number of nitro groups is 1. The van der Waals surface area contributed by atoms with Gasteiger partial charge in [0.15, 0.2) is 0 Å². The Kier molecular flexibility index (Phi) is 9.19. The van der Waals surface area contributed by atoms with Gasteiger partial charge in [-0.05, 0) is 68.6 Å². The predicted molar refractivity (Wildman–Crippen MR) is 144 cm³/mol. The third kappa shape index (κ3) is 7.52. The predicted octanol–water partition coefficient (Wildman–Crippen LogP) is 4.90. The van der Waals surface area contributed by atoms with Crippen LogP contribution < -0.4 is 16.2 Å². The van der Waals surface area contributed by atoms with E-state index in [9.17, 15) is 28.1 Å². The molecule has 2 aliphatic rings. The van der Waals surface area contributed by atoms with Gasteiger partial charge >= 0.3 is 6.18 Å². The first-order valence-electron chi connectivity index (χ1n) is 12.9. The molecule has 0 aliphatic carbocycles. The number of halogens is 4. The van der Waals surface area contributed by atoms with Crippen LogP contribution >= 0.6 is 11.6 Å². The molecule has 39 heavy (non-hydrogen) atoms. The van der Waals surface area contributed by atoms with E-state index in [0.717, 1.165) is 50.7 Å². The van der Waals surface area contributed by atoms with Crippen LogP contribution in [0.2, 0.25) is 5.02 Å². The number of likely N-dealkylation sites (tertiary alicyclic amines) is 2. The standard InChI is InChI=1S/C26H32ClF3N6O3/c27-18-3-5-19(6-4-18)32-20-9-13-33(14-10-20)12-1-2-25(37)34-15-11-22(17-34)35(31)21-7-8-24(36(38)39)23(16-21)26(28,29)30/h3-8,16,20,22,32H,1-2,9-15,17,31H2/t22-/m1/s1. The summed E-state index contributed by atoms with van der Waals surface area (Å²) in [6.45, 7) is 3.46. The van der Waals surface area contributed by atoms with E-state index in [1.807, 2.05) is 24.3 Å². The van der Waals surface area contributed by atoms with Crippen molar-refractivity contribution in [3.8, 4) is 0 Å². The Hall–Kier alpha value is -3.09. The fourth-order valence-corrected chi connectivity index (χ4v) is 5.30. The number of nitrogens with zero attached hydrogens (tertiary/aromatic N) is 4. The number of carbonyl (C=O) groups excluding carboxylic acids is 1. The minimum Gasteiger partial charge on any atom is -0.382 e. The first kappa shape index (κ1) is 28.9. The zero-order valence-electron chi connectivity index (χ0n) is 21.4. The van der Waals surface area contributed by atoms with Gasteiger partial charge in [0.2, 0.25) is 5.91 Å². The molecule has 0 bridgehead atoms. The van der Waals surface area contributed by atoms with Crippen molar-refractivity contribution in [2.45, 2.75) is 50.4 Å². The Balaban J connectivity index is 1.20. The highest BCUT2D eigenvalue weighted by Gasteiger charge is 2.39. The molecule has 1 atom stereocenters. The zero-order valence-corrected chi connectivity index (χ0v) is 22.1. The van der Waals surface area contributed by atoms with Crippen LogP contribution in [0.3, 0.4) is 0 Å². The maximum Gasteiger partial charge on any atom is 0.423 e. The molecule has 3 N–H and O–H groups in total. The number of anilines is 2. The number of hydrogen-bond acceptors (Lipinski definition) is 7. The first-order valence-corrected chi connectivity index (χ1v) is 13.3. The molecule has 2 aliphatic heterocycles. The van der Waals surface area contributed by atoms with Gasteiger partial charge in [-0.1, -0.05) is 11.6 Å². The summed E-state index contributed by atoms with van der Waals surface area (Å²) in [5.74, 6) is 6.10. The number of hydrazine groups is 1. The molecule has 0 radical (unpaired) electrons. The summed E-state index contributed by atoms with van der Waals surface area (Å²) in [4.78, 5) is 26.8. The van der Waals surface area contributed by atoms with Crippen molar-refractivity contribution in [1.82, 2.24) is 9.80 Å². The van der Waals surface area contributed by atoms with Gasteiger partial charge in [0.25, 0.3) is 5.69 Å². The lowest BCUT2D eigenvalue weighted by molar-refractivity contribution is -0.388. The van der Waals surface area contributed by atoms with Gasteiger partial charge < -0.3 is 20.1 Å². The van der Waals surface area contributed by atoms with E-state index in [2.05, 4.69) is 10.2 Å². The van der Waals surface area contributed by atoms with Gasteiger partial charge in [-0.2, -0.15) is 13.2 Å². The summed E-state index contributed by atoms with van der Waals surface area (Å²) in [6.07, 6.45) is -1.27. The fraction of sp³-hybridized carbons (Fsp3) is 0.500. The van der Waals surface area contributed by atoms with E-state index in [1.165, 1.54) is 11.1 Å². The molecule has 0 spiro atoms. The van der Waals surface area contributed by atoms with Crippen LogP contribution in [-0.2, 0) is 11.0 Å². The highest BCUT2D eigenvalue weighted by molar-refractivity contribution is 6.30. The smallest absolute Gasteiger partial charge is 0.382 e. The summed E-state index contributed by atoms with van der Waals surface area (Å²) in [7, 11) is 0. The van der Waals surface area contributed by atoms with Crippen LogP contribution in [0.5, 0.6) is 0 Å².